The monoisotopic (exact) mass is 599 g/mol. The minimum Gasteiger partial charge on any atom is -0.488 e. The van der Waals surface area contributed by atoms with Crippen molar-refractivity contribution in [3.05, 3.63) is 65.0 Å². The molecule has 1 aliphatic rings. The molecule has 1 aliphatic heterocycles. The summed E-state index contributed by atoms with van der Waals surface area (Å²) in [4.78, 5) is 28.1. The molecule has 13 heteroatoms. The Morgan fingerprint density at radius 3 is 2.48 bits per heavy atom. The second kappa shape index (κ2) is 12.5. The van der Waals surface area contributed by atoms with Gasteiger partial charge in [0.2, 0.25) is 10.0 Å². The number of hydrogen-bond acceptors (Lipinski definition) is 8. The Morgan fingerprint density at radius 1 is 1.17 bits per heavy atom. The molecule has 4 rings (SSSR count). The van der Waals surface area contributed by atoms with E-state index < -0.39 is 28.2 Å². The van der Waals surface area contributed by atoms with E-state index in [1.807, 2.05) is 13.8 Å². The number of fused-ring (bicyclic) bond motifs is 1. The van der Waals surface area contributed by atoms with Gasteiger partial charge in [0.05, 0.1) is 29.7 Å². The Balaban J connectivity index is 1.62. The number of carbonyl (C=O) groups is 2. The topological polar surface area (TPSA) is 154 Å². The number of rotatable bonds is 8. The van der Waals surface area contributed by atoms with Crippen molar-refractivity contribution in [3.8, 4) is 5.75 Å². The number of urea groups is 1. The molecule has 3 N–H and O–H groups in total. The van der Waals surface area contributed by atoms with Crippen molar-refractivity contribution in [2.75, 3.05) is 37.4 Å². The second-order valence-electron chi connectivity index (χ2n) is 10.7. The second-order valence-corrected chi connectivity index (χ2v) is 12.8. The summed E-state index contributed by atoms with van der Waals surface area (Å²) in [5, 5.41) is 19.1. The normalized spacial score (nSPS) is 18.1. The minimum absolute atomic E-state index is 0.0200. The Labute approximate surface area is 245 Å². The third-order valence-corrected chi connectivity index (χ3v) is 9.20. The lowest BCUT2D eigenvalue weighted by Crippen LogP contribution is -2.50. The van der Waals surface area contributed by atoms with Gasteiger partial charge in [-0.05, 0) is 58.0 Å². The van der Waals surface area contributed by atoms with Gasteiger partial charge in [0, 0.05) is 25.2 Å². The van der Waals surface area contributed by atoms with E-state index in [0.29, 0.717) is 22.8 Å². The van der Waals surface area contributed by atoms with Crippen LogP contribution in [0.15, 0.2) is 51.9 Å². The highest BCUT2D eigenvalue weighted by Crippen LogP contribution is 2.31. The van der Waals surface area contributed by atoms with Crippen LogP contribution in [0.3, 0.4) is 0 Å². The van der Waals surface area contributed by atoms with E-state index in [0.717, 1.165) is 5.56 Å². The molecule has 1 aromatic heterocycles. The van der Waals surface area contributed by atoms with E-state index in [2.05, 4.69) is 15.8 Å². The molecule has 0 spiro atoms. The van der Waals surface area contributed by atoms with Crippen LogP contribution in [0.2, 0.25) is 0 Å². The fourth-order valence-electron chi connectivity index (χ4n) is 4.70. The van der Waals surface area contributed by atoms with Crippen LogP contribution >= 0.6 is 0 Å². The number of aliphatic hydroxyl groups excluding tert-OH is 1. The maximum atomic E-state index is 13.7. The summed E-state index contributed by atoms with van der Waals surface area (Å²) in [7, 11) is -2.31. The van der Waals surface area contributed by atoms with Crippen molar-refractivity contribution < 1.29 is 32.4 Å². The van der Waals surface area contributed by atoms with Crippen LogP contribution in [0.1, 0.15) is 41.2 Å². The molecule has 12 nitrogen and oxygen atoms in total. The highest BCUT2D eigenvalue weighted by Gasteiger charge is 2.35. The zero-order valence-electron chi connectivity index (χ0n) is 24.5. The first kappa shape index (κ1) is 31.0. The van der Waals surface area contributed by atoms with Gasteiger partial charge in [0.1, 0.15) is 23.2 Å². The Kier molecular flexibility index (Phi) is 9.24. The van der Waals surface area contributed by atoms with E-state index in [-0.39, 0.29) is 47.7 Å². The number of likely N-dealkylation sites (N-methyl/N-ethyl adjacent to an activating group) is 1. The van der Waals surface area contributed by atoms with E-state index in [9.17, 15) is 23.1 Å². The fraction of sp³-hybridized carbons (Fsp3) is 0.414. The fourth-order valence-corrected chi connectivity index (χ4v) is 5.88. The minimum atomic E-state index is -3.80. The molecule has 0 bridgehead atoms. The van der Waals surface area contributed by atoms with E-state index in [4.69, 9.17) is 9.26 Å². The number of carbonyl (C=O) groups excluding carboxylic acids is 2. The molecule has 0 aliphatic carbocycles. The molecule has 3 amide bonds. The molecule has 0 radical (unpaired) electrons. The number of aliphatic hydroxyl groups is 1. The average molecular weight is 600 g/mol. The Bertz CT molecular complexity index is 1540. The molecule has 2 aromatic carbocycles. The number of aryl methyl sites for hydroxylation is 3. The Hall–Kier alpha value is -3.94. The molecule has 3 aromatic rings. The number of anilines is 2. The maximum absolute atomic E-state index is 13.7. The first-order valence-corrected chi connectivity index (χ1v) is 15.0. The van der Waals surface area contributed by atoms with Crippen LogP contribution in [0, 0.1) is 26.7 Å². The van der Waals surface area contributed by atoms with Gasteiger partial charge in [-0.15, -0.1) is 0 Å². The number of ether oxygens (including phenoxy) is 1. The highest BCUT2D eigenvalue weighted by molar-refractivity contribution is 7.89. The van der Waals surface area contributed by atoms with Crippen molar-refractivity contribution in [1.82, 2.24) is 14.4 Å². The van der Waals surface area contributed by atoms with Crippen molar-refractivity contribution >= 4 is 33.3 Å². The number of nitrogens with one attached hydrogen (secondary N) is 2. The predicted octanol–water partition coefficient (Wildman–Crippen LogP) is 3.78. The molecular weight excluding hydrogens is 562 g/mol. The predicted molar refractivity (Wildman–Crippen MR) is 157 cm³/mol. The maximum Gasteiger partial charge on any atom is 0.323 e. The van der Waals surface area contributed by atoms with Crippen LogP contribution in [-0.2, 0) is 10.0 Å². The SMILES string of the molecule is Cc1ccc(S(=O)(=O)N(C)C[C@@H]2Oc3ccc(NC(=O)Nc4c(C)noc4C)cc3C(=O)N([C@@H](C)CO)C[C@H]2C)cc1. The number of nitrogens with zero attached hydrogens (tertiary/aromatic N) is 3. The van der Waals surface area contributed by atoms with Crippen LogP contribution in [0.4, 0.5) is 16.2 Å². The Morgan fingerprint density at radius 2 is 1.86 bits per heavy atom. The lowest BCUT2D eigenvalue weighted by atomic mass is 9.99. The van der Waals surface area contributed by atoms with Crippen LogP contribution < -0.4 is 15.4 Å². The van der Waals surface area contributed by atoms with E-state index >= 15 is 0 Å². The van der Waals surface area contributed by atoms with Crippen molar-refractivity contribution in [2.24, 2.45) is 5.92 Å². The highest BCUT2D eigenvalue weighted by atomic mass is 32.2. The average Bonchev–Trinajstić information content (AvgIpc) is 3.26. The number of hydrogen-bond donors (Lipinski definition) is 3. The van der Waals surface area contributed by atoms with Gasteiger partial charge in [-0.25, -0.2) is 13.2 Å². The molecule has 3 atom stereocenters. The first-order valence-electron chi connectivity index (χ1n) is 13.6. The van der Waals surface area contributed by atoms with Gasteiger partial charge in [-0.2, -0.15) is 4.31 Å². The molecule has 0 saturated carbocycles. The largest absolute Gasteiger partial charge is 0.488 e. The molecule has 42 heavy (non-hydrogen) atoms. The zero-order chi connectivity index (χ0) is 30.8. The van der Waals surface area contributed by atoms with Crippen molar-refractivity contribution in [2.45, 2.75) is 51.7 Å². The lowest BCUT2D eigenvalue weighted by Gasteiger charge is -2.38. The third kappa shape index (κ3) is 6.58. The summed E-state index contributed by atoms with van der Waals surface area (Å²) in [6, 6.07) is 10.2. The number of amides is 3. The molecule has 0 saturated heterocycles. The number of aromatic nitrogens is 1. The summed E-state index contributed by atoms with van der Waals surface area (Å²) in [6.07, 6.45) is -0.628. The van der Waals surface area contributed by atoms with E-state index in [1.54, 1.807) is 62.1 Å². The summed E-state index contributed by atoms with van der Waals surface area (Å²) in [5.74, 6) is 0.0229. The van der Waals surface area contributed by atoms with E-state index in [1.165, 1.54) is 17.4 Å². The third-order valence-electron chi connectivity index (χ3n) is 7.36. The van der Waals surface area contributed by atoms with Crippen LogP contribution in [0.25, 0.3) is 0 Å². The quantitative estimate of drug-likeness (QED) is 0.353. The van der Waals surface area contributed by atoms with Gasteiger partial charge in [-0.1, -0.05) is 29.8 Å². The van der Waals surface area contributed by atoms with Gasteiger partial charge in [-0.3, -0.25) is 4.79 Å². The smallest absolute Gasteiger partial charge is 0.323 e. The zero-order valence-corrected chi connectivity index (χ0v) is 25.4. The summed E-state index contributed by atoms with van der Waals surface area (Å²) < 4.78 is 39.3. The van der Waals surface area contributed by atoms with Gasteiger partial charge < -0.3 is 29.9 Å². The summed E-state index contributed by atoms with van der Waals surface area (Å²) in [5.41, 5.74) is 2.42. The molecular formula is C29H37N5O7S. The summed E-state index contributed by atoms with van der Waals surface area (Å²) in [6.45, 7) is 8.84. The van der Waals surface area contributed by atoms with Gasteiger partial charge in [0.15, 0.2) is 5.76 Å². The molecule has 0 unspecified atom stereocenters. The van der Waals surface area contributed by atoms with Gasteiger partial charge in [0.25, 0.3) is 5.91 Å². The first-order chi connectivity index (χ1) is 19.8. The van der Waals surface area contributed by atoms with Crippen LogP contribution in [0.5, 0.6) is 5.75 Å². The molecule has 2 heterocycles. The standard InChI is InChI=1S/C29H37N5O7S/c1-17-7-10-23(11-8-17)42(38,39)33(6)15-26-18(2)14-34(19(3)16-35)28(36)24-13-22(9-12-25(24)40-26)30-29(37)31-27-20(4)32-41-21(27)5/h7-13,18-19,26,35H,14-16H2,1-6H3,(H2,30,31,37)/t18-,19+,26+/m1/s1. The molecule has 226 valence electrons. The summed E-state index contributed by atoms with van der Waals surface area (Å²) >= 11 is 0. The van der Waals surface area contributed by atoms with Crippen LogP contribution in [-0.4, -0.2) is 78.7 Å². The number of benzene rings is 2. The van der Waals surface area contributed by atoms with Gasteiger partial charge >= 0.3 is 6.03 Å². The van der Waals surface area contributed by atoms with Crippen molar-refractivity contribution in [3.63, 3.8) is 0 Å². The lowest BCUT2D eigenvalue weighted by molar-refractivity contribution is 0.0387. The number of sulfonamides is 1. The molecule has 0 fully saturated rings. The van der Waals surface area contributed by atoms with Crippen molar-refractivity contribution in [1.29, 1.82) is 0 Å².